The highest BCUT2D eigenvalue weighted by molar-refractivity contribution is 9.10. The van der Waals surface area contributed by atoms with Crippen molar-refractivity contribution in [3.8, 4) is 0 Å². The van der Waals surface area contributed by atoms with Crippen LogP contribution in [0.4, 0.5) is 0 Å². The maximum atomic E-state index is 5.67. The van der Waals surface area contributed by atoms with E-state index in [9.17, 15) is 0 Å². The molecule has 20 heavy (non-hydrogen) atoms. The molecule has 3 N–H and O–H groups in total. The van der Waals surface area contributed by atoms with Gasteiger partial charge in [0.2, 0.25) is 0 Å². The molecule has 0 fully saturated rings. The minimum atomic E-state index is 0.244. The average Bonchev–Trinajstić information content (AvgIpc) is 2.47. The zero-order valence-electron chi connectivity index (χ0n) is 10.9. The summed E-state index contributed by atoms with van der Waals surface area (Å²) in [5, 5.41) is 0. The highest BCUT2D eigenvalue weighted by Crippen LogP contribution is 2.27. The maximum absolute atomic E-state index is 5.67. The first-order chi connectivity index (χ1) is 9.69. The molecule has 2 aromatic carbocycles. The number of nitrogens with one attached hydrogen (secondary N) is 1. The fourth-order valence-corrected chi connectivity index (χ4v) is 3.69. The van der Waals surface area contributed by atoms with Gasteiger partial charge in [0, 0.05) is 25.6 Å². The van der Waals surface area contributed by atoms with Gasteiger partial charge in [-0.25, -0.2) is 0 Å². The number of benzene rings is 2. The van der Waals surface area contributed by atoms with Gasteiger partial charge in [0.1, 0.15) is 0 Å². The molecule has 0 radical (unpaired) electrons. The van der Waals surface area contributed by atoms with E-state index in [1.165, 1.54) is 10.5 Å². The molecule has 2 rings (SSSR count). The molecule has 2 aromatic rings. The zero-order chi connectivity index (χ0) is 14.4. The lowest BCUT2D eigenvalue weighted by Gasteiger charge is -2.16. The first kappa shape index (κ1) is 16.0. The van der Waals surface area contributed by atoms with Gasteiger partial charge in [-0.1, -0.05) is 40.2 Å². The van der Waals surface area contributed by atoms with Crippen LogP contribution in [0, 0.1) is 0 Å². The molecule has 0 heterocycles. The molecule has 0 aliphatic carbocycles. The fraction of sp³-hybridized carbons (Fsp3) is 0.200. The van der Waals surface area contributed by atoms with E-state index in [0.717, 1.165) is 21.1 Å². The summed E-state index contributed by atoms with van der Waals surface area (Å²) in [5.74, 6) is 6.59. The molecule has 0 saturated heterocycles. The number of hydrogen-bond donors (Lipinski definition) is 2. The number of thioether (sulfide) groups is 1. The normalized spacial score (nSPS) is 12.3. The summed E-state index contributed by atoms with van der Waals surface area (Å²) in [6.07, 6.45) is 0.918. The topological polar surface area (TPSA) is 38.0 Å². The van der Waals surface area contributed by atoms with Crippen molar-refractivity contribution in [1.29, 1.82) is 0 Å². The highest BCUT2D eigenvalue weighted by atomic mass is 79.9. The van der Waals surface area contributed by atoms with E-state index in [-0.39, 0.29) is 6.04 Å². The third kappa shape index (κ3) is 4.90. The van der Waals surface area contributed by atoms with Crippen molar-refractivity contribution in [2.45, 2.75) is 17.4 Å². The Labute approximate surface area is 140 Å². The van der Waals surface area contributed by atoms with Crippen molar-refractivity contribution >= 4 is 43.6 Å². The van der Waals surface area contributed by atoms with Crippen molar-refractivity contribution in [3.63, 3.8) is 0 Å². The first-order valence-electron chi connectivity index (χ1n) is 6.27. The molecule has 0 aromatic heterocycles. The van der Waals surface area contributed by atoms with E-state index in [1.807, 2.05) is 12.1 Å². The summed E-state index contributed by atoms with van der Waals surface area (Å²) in [4.78, 5) is 1.24. The second kappa shape index (κ2) is 8.20. The van der Waals surface area contributed by atoms with E-state index in [1.54, 1.807) is 11.8 Å². The molecule has 5 heteroatoms. The van der Waals surface area contributed by atoms with Crippen molar-refractivity contribution in [2.24, 2.45) is 5.84 Å². The molecule has 0 spiro atoms. The Morgan fingerprint density at radius 3 is 2.40 bits per heavy atom. The van der Waals surface area contributed by atoms with E-state index < -0.39 is 0 Å². The summed E-state index contributed by atoms with van der Waals surface area (Å²) in [5.41, 5.74) is 4.19. The van der Waals surface area contributed by atoms with Gasteiger partial charge in [0.25, 0.3) is 0 Å². The molecule has 0 amide bonds. The van der Waals surface area contributed by atoms with Crippen molar-refractivity contribution in [2.75, 3.05) is 5.75 Å². The standard InChI is InChI=1S/C15H16Br2N2S/c16-12-7-5-11(6-8-12)9-13(19-18)10-20-15-4-2-1-3-14(15)17/h1-8,13,19H,9-10,18H2. The van der Waals surface area contributed by atoms with Gasteiger partial charge in [0.15, 0.2) is 0 Å². The van der Waals surface area contributed by atoms with Crippen LogP contribution in [0.1, 0.15) is 5.56 Å². The summed E-state index contributed by atoms with van der Waals surface area (Å²) in [7, 11) is 0. The summed E-state index contributed by atoms with van der Waals surface area (Å²) < 4.78 is 2.23. The Bertz CT molecular complexity index is 546. The van der Waals surface area contributed by atoms with Gasteiger partial charge in [-0.15, -0.1) is 11.8 Å². The maximum Gasteiger partial charge on any atom is 0.0344 e. The van der Waals surface area contributed by atoms with Gasteiger partial charge < -0.3 is 0 Å². The monoisotopic (exact) mass is 414 g/mol. The summed E-state index contributed by atoms with van der Waals surface area (Å²) in [6.45, 7) is 0. The minimum absolute atomic E-state index is 0.244. The smallest absolute Gasteiger partial charge is 0.0344 e. The number of hydrogen-bond acceptors (Lipinski definition) is 3. The van der Waals surface area contributed by atoms with E-state index in [4.69, 9.17) is 5.84 Å². The molecule has 106 valence electrons. The molecule has 1 atom stereocenters. The molecule has 0 saturated carbocycles. The van der Waals surface area contributed by atoms with Crippen molar-refractivity contribution < 1.29 is 0 Å². The van der Waals surface area contributed by atoms with Crippen LogP contribution < -0.4 is 11.3 Å². The third-order valence-electron chi connectivity index (χ3n) is 2.91. The van der Waals surface area contributed by atoms with Crippen LogP contribution in [0.25, 0.3) is 0 Å². The number of halogens is 2. The predicted molar refractivity (Wildman–Crippen MR) is 93.8 cm³/mol. The largest absolute Gasteiger partial charge is 0.271 e. The van der Waals surface area contributed by atoms with Crippen LogP contribution in [0.2, 0.25) is 0 Å². The molecule has 2 nitrogen and oxygen atoms in total. The number of hydrazine groups is 1. The molecular formula is C15H16Br2N2S. The number of nitrogens with two attached hydrogens (primary N) is 1. The minimum Gasteiger partial charge on any atom is -0.271 e. The Kier molecular flexibility index (Phi) is 6.58. The van der Waals surface area contributed by atoms with Gasteiger partial charge in [-0.05, 0) is 52.2 Å². The molecular weight excluding hydrogens is 400 g/mol. The highest BCUT2D eigenvalue weighted by Gasteiger charge is 2.09. The Morgan fingerprint density at radius 2 is 1.75 bits per heavy atom. The predicted octanol–water partition coefficient (Wildman–Crippen LogP) is 4.38. The lowest BCUT2D eigenvalue weighted by Crippen LogP contribution is -2.38. The van der Waals surface area contributed by atoms with Crippen LogP contribution in [-0.4, -0.2) is 11.8 Å². The third-order valence-corrected chi connectivity index (χ3v) is 5.63. The van der Waals surface area contributed by atoms with Crippen LogP contribution in [0.5, 0.6) is 0 Å². The van der Waals surface area contributed by atoms with Gasteiger partial charge in [-0.3, -0.25) is 11.3 Å². The quantitative estimate of drug-likeness (QED) is 0.417. The fourth-order valence-electron chi connectivity index (χ4n) is 1.82. The van der Waals surface area contributed by atoms with Crippen LogP contribution in [0.15, 0.2) is 62.4 Å². The van der Waals surface area contributed by atoms with Gasteiger partial charge >= 0.3 is 0 Å². The van der Waals surface area contributed by atoms with E-state index >= 15 is 0 Å². The molecule has 1 unspecified atom stereocenters. The lowest BCUT2D eigenvalue weighted by atomic mass is 10.1. The second-order valence-corrected chi connectivity index (χ2v) is 7.27. The van der Waals surface area contributed by atoms with Crippen molar-refractivity contribution in [1.82, 2.24) is 5.43 Å². The first-order valence-corrected chi connectivity index (χ1v) is 8.84. The van der Waals surface area contributed by atoms with Crippen LogP contribution in [-0.2, 0) is 6.42 Å². The second-order valence-electron chi connectivity index (χ2n) is 4.44. The summed E-state index contributed by atoms with van der Waals surface area (Å²) in [6, 6.07) is 16.8. The van der Waals surface area contributed by atoms with E-state index in [0.29, 0.717) is 0 Å². The van der Waals surface area contributed by atoms with Crippen molar-refractivity contribution in [3.05, 3.63) is 63.0 Å². The molecule has 0 bridgehead atoms. The zero-order valence-corrected chi connectivity index (χ0v) is 14.8. The van der Waals surface area contributed by atoms with Crippen LogP contribution in [0.3, 0.4) is 0 Å². The van der Waals surface area contributed by atoms with Gasteiger partial charge in [-0.2, -0.15) is 0 Å². The van der Waals surface area contributed by atoms with E-state index in [2.05, 4.69) is 73.7 Å². The Balaban J connectivity index is 1.92. The van der Waals surface area contributed by atoms with Gasteiger partial charge in [0.05, 0.1) is 0 Å². The van der Waals surface area contributed by atoms with Crippen LogP contribution >= 0.6 is 43.6 Å². The average molecular weight is 416 g/mol. The Morgan fingerprint density at radius 1 is 1.05 bits per heavy atom. The SMILES string of the molecule is NNC(CSc1ccccc1Br)Cc1ccc(Br)cc1. The summed E-state index contributed by atoms with van der Waals surface area (Å²) >= 11 is 8.82. The molecule has 0 aliphatic heterocycles. The lowest BCUT2D eigenvalue weighted by molar-refractivity contribution is 0.575. The number of rotatable bonds is 6. The Hall–Kier alpha value is -0.330. The molecule has 0 aliphatic rings.